The van der Waals surface area contributed by atoms with Gasteiger partial charge >= 0.3 is 0 Å². The van der Waals surface area contributed by atoms with E-state index in [-0.39, 0.29) is 5.92 Å². The molecule has 0 spiro atoms. The van der Waals surface area contributed by atoms with Crippen molar-refractivity contribution in [1.29, 1.82) is 0 Å². The van der Waals surface area contributed by atoms with Crippen LogP contribution in [0, 0.1) is 5.92 Å². The third-order valence-corrected chi connectivity index (χ3v) is 3.19. The van der Waals surface area contributed by atoms with E-state index in [4.69, 9.17) is 0 Å². The highest BCUT2D eigenvalue weighted by atomic mass is 16.1. The first-order valence-electron chi connectivity index (χ1n) is 5.96. The van der Waals surface area contributed by atoms with Crippen LogP contribution in [0.4, 0.5) is 0 Å². The summed E-state index contributed by atoms with van der Waals surface area (Å²) in [7, 11) is 2.16. The van der Waals surface area contributed by atoms with Crippen molar-refractivity contribution in [3.63, 3.8) is 0 Å². The number of hydrogen-bond acceptors (Lipinski definition) is 3. The summed E-state index contributed by atoms with van der Waals surface area (Å²) >= 11 is 0. The molecule has 15 heavy (non-hydrogen) atoms. The van der Waals surface area contributed by atoms with E-state index in [2.05, 4.69) is 23.8 Å². The number of carbonyl (C=O) groups excluding carboxylic acids is 1. The molecule has 0 amide bonds. The minimum atomic E-state index is 0.165. The number of ketones is 1. The number of Topliss-reactive ketones (excluding diaryl/α,β-unsaturated/α-hetero) is 1. The maximum Gasteiger partial charge on any atom is 0.149 e. The lowest BCUT2D eigenvalue weighted by molar-refractivity contribution is -0.123. The van der Waals surface area contributed by atoms with Gasteiger partial charge in [-0.2, -0.15) is 0 Å². The van der Waals surface area contributed by atoms with Crippen LogP contribution in [0.1, 0.15) is 27.2 Å². The fraction of sp³-hybridized carbons (Fsp3) is 0.917. The molecular weight excluding hydrogens is 188 g/mol. The molecule has 1 atom stereocenters. The van der Waals surface area contributed by atoms with Crippen LogP contribution >= 0.6 is 0 Å². The van der Waals surface area contributed by atoms with Crippen molar-refractivity contribution < 1.29 is 4.79 Å². The van der Waals surface area contributed by atoms with E-state index < -0.39 is 0 Å². The second-order valence-corrected chi connectivity index (χ2v) is 5.06. The molecule has 0 aromatic carbocycles. The summed E-state index contributed by atoms with van der Waals surface area (Å²) in [6.45, 7) is 10.1. The second kappa shape index (κ2) is 5.61. The van der Waals surface area contributed by atoms with E-state index in [0.717, 1.165) is 19.6 Å². The van der Waals surface area contributed by atoms with Crippen LogP contribution in [-0.2, 0) is 4.79 Å². The molecule has 1 fully saturated rings. The van der Waals surface area contributed by atoms with Crippen molar-refractivity contribution in [2.45, 2.75) is 33.2 Å². The summed E-state index contributed by atoms with van der Waals surface area (Å²) in [6.07, 6.45) is 1.17. The Morgan fingerprint density at radius 3 is 2.67 bits per heavy atom. The lowest BCUT2D eigenvalue weighted by atomic mass is 10.1. The monoisotopic (exact) mass is 212 g/mol. The van der Waals surface area contributed by atoms with Crippen LogP contribution in [0.25, 0.3) is 0 Å². The van der Waals surface area contributed by atoms with Crippen molar-refractivity contribution in [1.82, 2.24) is 9.80 Å². The number of rotatable bonds is 3. The molecule has 0 aliphatic carbocycles. The van der Waals surface area contributed by atoms with Crippen LogP contribution in [-0.4, -0.2) is 54.9 Å². The minimum absolute atomic E-state index is 0.165. The van der Waals surface area contributed by atoms with E-state index in [1.165, 1.54) is 6.42 Å². The Morgan fingerprint density at radius 2 is 2.07 bits per heavy atom. The standard InChI is InChI=1S/C12H24N2O/c1-10(2)12(15)9-14-7-5-6-13(4)8-11(14)3/h10-11H,5-9H2,1-4H3. The predicted molar refractivity (Wildman–Crippen MR) is 63.0 cm³/mol. The molecule has 1 unspecified atom stereocenters. The molecule has 1 rings (SSSR count). The Morgan fingerprint density at radius 1 is 1.40 bits per heavy atom. The van der Waals surface area contributed by atoms with Gasteiger partial charge in [0.05, 0.1) is 6.54 Å². The van der Waals surface area contributed by atoms with E-state index in [9.17, 15) is 4.79 Å². The molecule has 0 aromatic rings. The summed E-state index contributed by atoms with van der Waals surface area (Å²) in [6, 6.07) is 0.500. The average Bonchev–Trinajstić information content (AvgIpc) is 2.28. The van der Waals surface area contributed by atoms with Crippen molar-refractivity contribution in [2.24, 2.45) is 5.92 Å². The zero-order chi connectivity index (χ0) is 11.4. The Balaban J connectivity index is 2.49. The molecule has 0 N–H and O–H groups in total. The summed E-state index contributed by atoms with van der Waals surface area (Å²) < 4.78 is 0. The van der Waals surface area contributed by atoms with Crippen LogP contribution in [0.2, 0.25) is 0 Å². The normalized spacial score (nSPS) is 25.5. The first-order valence-corrected chi connectivity index (χ1v) is 5.96. The Hall–Kier alpha value is -0.410. The fourth-order valence-corrected chi connectivity index (χ4v) is 2.04. The van der Waals surface area contributed by atoms with Crippen molar-refractivity contribution in [3.8, 4) is 0 Å². The molecule has 0 radical (unpaired) electrons. The lowest BCUT2D eigenvalue weighted by Gasteiger charge is -2.27. The highest BCUT2D eigenvalue weighted by Crippen LogP contribution is 2.09. The molecule has 0 saturated carbocycles. The smallest absolute Gasteiger partial charge is 0.149 e. The first kappa shape index (κ1) is 12.7. The molecule has 1 heterocycles. The Bertz CT molecular complexity index is 216. The van der Waals surface area contributed by atoms with Crippen molar-refractivity contribution in [3.05, 3.63) is 0 Å². The maximum absolute atomic E-state index is 11.7. The molecular formula is C12H24N2O. The van der Waals surface area contributed by atoms with Gasteiger partial charge in [0.1, 0.15) is 5.78 Å². The van der Waals surface area contributed by atoms with Crippen molar-refractivity contribution in [2.75, 3.05) is 33.2 Å². The summed E-state index contributed by atoms with van der Waals surface area (Å²) in [5.74, 6) is 0.532. The lowest BCUT2D eigenvalue weighted by Crippen LogP contribution is -2.41. The summed E-state index contributed by atoms with van der Waals surface area (Å²) in [5.41, 5.74) is 0. The molecule has 0 bridgehead atoms. The molecule has 1 saturated heterocycles. The van der Waals surface area contributed by atoms with Gasteiger partial charge < -0.3 is 4.90 Å². The SMILES string of the molecule is CC(C)C(=O)CN1CCCN(C)CC1C. The fourth-order valence-electron chi connectivity index (χ4n) is 2.04. The highest BCUT2D eigenvalue weighted by molar-refractivity contribution is 5.82. The third-order valence-electron chi connectivity index (χ3n) is 3.19. The minimum Gasteiger partial charge on any atom is -0.305 e. The average molecular weight is 212 g/mol. The van der Waals surface area contributed by atoms with Gasteiger partial charge in [0.25, 0.3) is 0 Å². The quantitative estimate of drug-likeness (QED) is 0.703. The molecule has 1 aliphatic heterocycles. The molecule has 0 aromatic heterocycles. The van der Waals surface area contributed by atoms with E-state index in [1.807, 2.05) is 13.8 Å². The van der Waals surface area contributed by atoms with Gasteiger partial charge in [0.2, 0.25) is 0 Å². The zero-order valence-corrected chi connectivity index (χ0v) is 10.5. The zero-order valence-electron chi connectivity index (χ0n) is 10.5. The maximum atomic E-state index is 11.7. The third kappa shape index (κ3) is 3.92. The van der Waals surface area contributed by atoms with Gasteiger partial charge in [-0.3, -0.25) is 9.69 Å². The topological polar surface area (TPSA) is 23.6 Å². The van der Waals surface area contributed by atoms with Gasteiger partial charge in [-0.1, -0.05) is 13.8 Å². The van der Waals surface area contributed by atoms with E-state index in [1.54, 1.807) is 0 Å². The van der Waals surface area contributed by atoms with Crippen LogP contribution in [0.5, 0.6) is 0 Å². The number of likely N-dealkylation sites (N-methyl/N-ethyl adjacent to an activating group) is 1. The molecule has 3 nitrogen and oxygen atoms in total. The van der Waals surface area contributed by atoms with E-state index >= 15 is 0 Å². The largest absolute Gasteiger partial charge is 0.305 e. The number of hydrogen-bond donors (Lipinski definition) is 0. The number of carbonyl (C=O) groups is 1. The Kier molecular flexibility index (Phi) is 4.74. The van der Waals surface area contributed by atoms with Gasteiger partial charge in [-0.25, -0.2) is 0 Å². The molecule has 88 valence electrons. The van der Waals surface area contributed by atoms with Gasteiger partial charge in [0, 0.05) is 25.0 Å². The van der Waals surface area contributed by atoms with Crippen LogP contribution in [0.15, 0.2) is 0 Å². The second-order valence-electron chi connectivity index (χ2n) is 5.06. The van der Waals surface area contributed by atoms with E-state index in [0.29, 0.717) is 18.4 Å². The number of nitrogens with zero attached hydrogens (tertiary/aromatic N) is 2. The Labute approximate surface area is 93.4 Å². The summed E-state index contributed by atoms with van der Waals surface area (Å²) in [5, 5.41) is 0. The van der Waals surface area contributed by atoms with Crippen molar-refractivity contribution >= 4 is 5.78 Å². The molecule has 3 heteroatoms. The van der Waals surface area contributed by atoms with Gasteiger partial charge in [0.15, 0.2) is 0 Å². The summed E-state index contributed by atoms with van der Waals surface area (Å²) in [4.78, 5) is 16.4. The van der Waals surface area contributed by atoms with Crippen LogP contribution < -0.4 is 0 Å². The van der Waals surface area contributed by atoms with Gasteiger partial charge in [-0.15, -0.1) is 0 Å². The first-order chi connectivity index (χ1) is 7.00. The van der Waals surface area contributed by atoms with Gasteiger partial charge in [-0.05, 0) is 26.9 Å². The van der Waals surface area contributed by atoms with Crippen LogP contribution in [0.3, 0.4) is 0 Å². The predicted octanol–water partition coefficient (Wildman–Crippen LogP) is 1.24. The molecule has 1 aliphatic rings. The highest BCUT2D eigenvalue weighted by Gasteiger charge is 2.22.